The lowest BCUT2D eigenvalue weighted by Gasteiger charge is -2.14. The summed E-state index contributed by atoms with van der Waals surface area (Å²) >= 11 is 12.1. The fourth-order valence-corrected chi connectivity index (χ4v) is 2.47. The van der Waals surface area contributed by atoms with Crippen molar-refractivity contribution in [2.45, 2.75) is 13.8 Å². The highest BCUT2D eigenvalue weighted by molar-refractivity contribution is 6.33. The van der Waals surface area contributed by atoms with Crippen LogP contribution in [0, 0.1) is 0 Å². The molecule has 0 aliphatic rings. The van der Waals surface area contributed by atoms with Gasteiger partial charge in [-0.05, 0) is 44.2 Å². The molecule has 2 aromatic rings. The highest BCUT2D eigenvalue weighted by atomic mass is 35.5. The fraction of sp³-hybridized carbons (Fsp3) is 0.235. The first-order valence-electron chi connectivity index (χ1n) is 7.21. The van der Waals surface area contributed by atoms with Crippen LogP contribution in [0.25, 0.3) is 0 Å². The van der Waals surface area contributed by atoms with Gasteiger partial charge in [-0.3, -0.25) is 4.79 Å². The molecule has 0 aromatic heterocycles. The molecular weight excluding hydrogens is 337 g/mol. The number of amides is 1. The van der Waals surface area contributed by atoms with Gasteiger partial charge in [0, 0.05) is 16.3 Å². The fourth-order valence-electron chi connectivity index (χ4n) is 2.02. The third-order valence-electron chi connectivity index (χ3n) is 2.94. The van der Waals surface area contributed by atoms with Crippen LogP contribution in [0.3, 0.4) is 0 Å². The highest BCUT2D eigenvalue weighted by Gasteiger charge is 2.16. The molecule has 0 saturated heterocycles. The molecule has 0 heterocycles. The van der Waals surface area contributed by atoms with Crippen LogP contribution in [0.15, 0.2) is 36.4 Å². The first-order chi connectivity index (χ1) is 11.0. The quantitative estimate of drug-likeness (QED) is 0.790. The van der Waals surface area contributed by atoms with Crippen molar-refractivity contribution in [3.63, 3.8) is 0 Å². The van der Waals surface area contributed by atoms with Crippen molar-refractivity contribution >= 4 is 34.8 Å². The van der Waals surface area contributed by atoms with E-state index in [-0.39, 0.29) is 5.91 Å². The van der Waals surface area contributed by atoms with E-state index in [9.17, 15) is 4.79 Å². The monoisotopic (exact) mass is 353 g/mol. The zero-order valence-electron chi connectivity index (χ0n) is 12.9. The summed E-state index contributed by atoms with van der Waals surface area (Å²) in [6.45, 7) is 4.60. The standard InChI is InChI=1S/C17H17Cl2NO3/c1-3-22-15-9-11(8-14(19)16(15)23-4-2)17(21)20-13-7-5-6-12(18)10-13/h5-10H,3-4H2,1-2H3,(H,20,21). The van der Waals surface area contributed by atoms with E-state index in [1.54, 1.807) is 36.4 Å². The lowest BCUT2D eigenvalue weighted by Crippen LogP contribution is -2.12. The lowest BCUT2D eigenvalue weighted by molar-refractivity contribution is 0.102. The molecule has 122 valence electrons. The predicted molar refractivity (Wildman–Crippen MR) is 93.2 cm³/mol. The Morgan fingerprint density at radius 2 is 1.83 bits per heavy atom. The minimum absolute atomic E-state index is 0.307. The molecule has 2 aromatic carbocycles. The van der Waals surface area contributed by atoms with Gasteiger partial charge in [-0.15, -0.1) is 0 Å². The molecular formula is C17H17Cl2NO3. The summed E-state index contributed by atoms with van der Waals surface area (Å²) in [7, 11) is 0. The van der Waals surface area contributed by atoms with Gasteiger partial charge in [0.05, 0.1) is 18.2 Å². The van der Waals surface area contributed by atoms with Gasteiger partial charge in [-0.2, -0.15) is 0 Å². The Kier molecular flexibility index (Phi) is 6.13. The Bertz CT molecular complexity index is 704. The molecule has 0 fully saturated rings. The molecule has 0 bridgehead atoms. The van der Waals surface area contributed by atoms with Crippen molar-refractivity contribution in [1.82, 2.24) is 0 Å². The normalized spacial score (nSPS) is 10.3. The van der Waals surface area contributed by atoms with E-state index in [2.05, 4.69) is 5.32 Å². The van der Waals surface area contributed by atoms with Crippen molar-refractivity contribution in [3.05, 3.63) is 52.0 Å². The molecule has 0 spiro atoms. The number of hydrogen-bond acceptors (Lipinski definition) is 3. The van der Waals surface area contributed by atoms with Crippen molar-refractivity contribution < 1.29 is 14.3 Å². The molecule has 0 radical (unpaired) electrons. The zero-order valence-corrected chi connectivity index (χ0v) is 14.4. The predicted octanol–water partition coefficient (Wildman–Crippen LogP) is 5.04. The molecule has 0 aliphatic carbocycles. The Morgan fingerprint density at radius 1 is 1.09 bits per heavy atom. The number of hydrogen-bond donors (Lipinski definition) is 1. The Hall–Kier alpha value is -1.91. The van der Waals surface area contributed by atoms with Crippen molar-refractivity contribution in [2.24, 2.45) is 0 Å². The summed E-state index contributed by atoms with van der Waals surface area (Å²) in [5, 5.41) is 3.64. The topological polar surface area (TPSA) is 47.6 Å². The summed E-state index contributed by atoms with van der Waals surface area (Å²) in [6.07, 6.45) is 0. The molecule has 2 rings (SSSR count). The van der Waals surface area contributed by atoms with E-state index in [4.69, 9.17) is 32.7 Å². The average molecular weight is 354 g/mol. The maximum absolute atomic E-state index is 12.4. The van der Waals surface area contributed by atoms with E-state index in [0.717, 1.165) is 0 Å². The number of nitrogens with one attached hydrogen (secondary N) is 1. The number of ether oxygens (including phenoxy) is 2. The van der Waals surface area contributed by atoms with Crippen LogP contribution in [-0.2, 0) is 0 Å². The number of carbonyl (C=O) groups is 1. The van der Waals surface area contributed by atoms with E-state index < -0.39 is 0 Å². The van der Waals surface area contributed by atoms with Gasteiger partial charge < -0.3 is 14.8 Å². The second-order valence-electron chi connectivity index (χ2n) is 4.62. The SMILES string of the molecule is CCOc1cc(C(=O)Nc2cccc(Cl)c2)cc(Cl)c1OCC. The summed E-state index contributed by atoms with van der Waals surface area (Å²) in [4.78, 5) is 12.4. The van der Waals surface area contributed by atoms with Gasteiger partial charge in [-0.25, -0.2) is 0 Å². The van der Waals surface area contributed by atoms with Gasteiger partial charge in [0.15, 0.2) is 11.5 Å². The molecule has 1 N–H and O–H groups in total. The largest absolute Gasteiger partial charge is 0.490 e. The van der Waals surface area contributed by atoms with Crippen LogP contribution in [0.5, 0.6) is 11.5 Å². The van der Waals surface area contributed by atoms with Gasteiger partial charge in [-0.1, -0.05) is 29.3 Å². The highest BCUT2D eigenvalue weighted by Crippen LogP contribution is 2.37. The molecule has 6 heteroatoms. The molecule has 1 amide bonds. The van der Waals surface area contributed by atoms with Crippen LogP contribution in [0.1, 0.15) is 24.2 Å². The number of anilines is 1. The number of halogens is 2. The summed E-state index contributed by atoms with van der Waals surface area (Å²) < 4.78 is 11.0. The first-order valence-corrected chi connectivity index (χ1v) is 7.96. The number of rotatable bonds is 6. The molecule has 4 nitrogen and oxygen atoms in total. The smallest absolute Gasteiger partial charge is 0.255 e. The van der Waals surface area contributed by atoms with Gasteiger partial charge in [0.1, 0.15) is 0 Å². The average Bonchev–Trinajstić information content (AvgIpc) is 2.50. The summed E-state index contributed by atoms with van der Waals surface area (Å²) in [5.41, 5.74) is 0.979. The molecule has 0 aliphatic heterocycles. The van der Waals surface area contributed by atoms with Crippen LogP contribution < -0.4 is 14.8 Å². The molecule has 0 saturated carbocycles. The van der Waals surface area contributed by atoms with Gasteiger partial charge in [0.25, 0.3) is 5.91 Å². The first kappa shape index (κ1) is 17.4. The van der Waals surface area contributed by atoms with E-state index in [1.165, 1.54) is 0 Å². The third-order valence-corrected chi connectivity index (χ3v) is 3.46. The minimum atomic E-state index is -0.307. The van der Waals surface area contributed by atoms with Gasteiger partial charge in [0.2, 0.25) is 0 Å². The second-order valence-corrected chi connectivity index (χ2v) is 5.46. The van der Waals surface area contributed by atoms with Crippen molar-refractivity contribution in [2.75, 3.05) is 18.5 Å². The molecule has 23 heavy (non-hydrogen) atoms. The maximum Gasteiger partial charge on any atom is 0.255 e. The maximum atomic E-state index is 12.4. The Balaban J connectivity index is 2.29. The number of benzene rings is 2. The summed E-state index contributed by atoms with van der Waals surface area (Å²) in [5.74, 6) is 0.576. The van der Waals surface area contributed by atoms with Crippen LogP contribution in [0.2, 0.25) is 10.0 Å². The lowest BCUT2D eigenvalue weighted by atomic mass is 10.1. The van der Waals surface area contributed by atoms with Crippen molar-refractivity contribution in [1.29, 1.82) is 0 Å². The number of carbonyl (C=O) groups excluding carboxylic acids is 1. The van der Waals surface area contributed by atoms with Crippen molar-refractivity contribution in [3.8, 4) is 11.5 Å². The zero-order chi connectivity index (χ0) is 16.8. The molecule has 0 atom stereocenters. The van der Waals surface area contributed by atoms with Crippen LogP contribution in [0.4, 0.5) is 5.69 Å². The van der Waals surface area contributed by atoms with Crippen LogP contribution in [-0.4, -0.2) is 19.1 Å². The van der Waals surface area contributed by atoms with E-state index in [0.29, 0.717) is 46.0 Å². The molecule has 0 unspecified atom stereocenters. The van der Waals surface area contributed by atoms with E-state index in [1.807, 2.05) is 13.8 Å². The third kappa shape index (κ3) is 4.53. The summed E-state index contributed by atoms with van der Waals surface area (Å²) in [6, 6.07) is 10.1. The van der Waals surface area contributed by atoms with Crippen LogP contribution >= 0.6 is 23.2 Å². The van der Waals surface area contributed by atoms with E-state index >= 15 is 0 Å². The Morgan fingerprint density at radius 3 is 2.48 bits per heavy atom. The van der Waals surface area contributed by atoms with Gasteiger partial charge >= 0.3 is 0 Å². The Labute approximate surface area is 145 Å². The second kappa shape index (κ2) is 8.09. The minimum Gasteiger partial charge on any atom is -0.490 e.